The van der Waals surface area contributed by atoms with E-state index in [0.29, 0.717) is 0 Å². The van der Waals surface area contributed by atoms with Crippen molar-refractivity contribution in [2.24, 2.45) is 5.10 Å². The molecule has 0 aliphatic carbocycles. The molecule has 0 radical (unpaired) electrons. The van der Waals surface area contributed by atoms with Gasteiger partial charge in [-0.1, -0.05) is 5.10 Å². The second-order valence-electron chi connectivity index (χ2n) is 4.01. The molecule has 2 N–H and O–H groups in total. The van der Waals surface area contributed by atoms with E-state index in [1.807, 2.05) is 0 Å². The molecule has 2 heterocycles. The highest BCUT2D eigenvalue weighted by atomic mass is 19.4. The predicted molar refractivity (Wildman–Crippen MR) is 59.9 cm³/mol. The Morgan fingerprint density at radius 3 is 2.80 bits per heavy atom. The lowest BCUT2D eigenvalue weighted by atomic mass is 10.1. The average molecular weight is 290 g/mol. The third kappa shape index (κ3) is 2.57. The molecule has 2 rings (SSSR count). The summed E-state index contributed by atoms with van der Waals surface area (Å²) in [5, 5.41) is 3.57. The van der Waals surface area contributed by atoms with Crippen LogP contribution in [0.4, 0.5) is 13.2 Å². The van der Waals surface area contributed by atoms with Gasteiger partial charge in [0.2, 0.25) is 0 Å². The molecule has 0 saturated heterocycles. The Hall–Kier alpha value is -2.16. The van der Waals surface area contributed by atoms with E-state index in [2.05, 4.69) is 9.84 Å². The molecule has 1 aromatic rings. The Morgan fingerprint density at radius 1 is 1.50 bits per heavy atom. The number of esters is 1. The van der Waals surface area contributed by atoms with E-state index in [0.717, 1.165) is 22.4 Å². The summed E-state index contributed by atoms with van der Waals surface area (Å²) in [6.45, 7) is 1.30. The molecule has 0 atom stereocenters. The van der Waals surface area contributed by atoms with Crippen LogP contribution in [0.1, 0.15) is 28.5 Å². The minimum absolute atomic E-state index is 0.0436. The number of ether oxygens (including phenoxy) is 1. The van der Waals surface area contributed by atoms with Crippen LogP contribution in [-0.2, 0) is 22.3 Å². The van der Waals surface area contributed by atoms with Crippen molar-refractivity contribution < 1.29 is 32.9 Å². The molecule has 0 spiro atoms. The van der Waals surface area contributed by atoms with Crippen LogP contribution in [0, 0.1) is 0 Å². The molecule has 1 aromatic heterocycles. The Bertz CT molecular complexity index is 590. The number of alkyl halides is 3. The first kappa shape index (κ1) is 14.3. The third-order valence-corrected chi connectivity index (χ3v) is 2.67. The average Bonchev–Trinajstić information content (AvgIpc) is 2.70. The quantitative estimate of drug-likeness (QED) is 0.634. The van der Waals surface area contributed by atoms with Crippen LogP contribution in [0.3, 0.4) is 0 Å². The number of carbonyl (C=O) groups is 2. The van der Waals surface area contributed by atoms with Crippen molar-refractivity contribution in [3.05, 3.63) is 23.0 Å². The molecule has 9 heteroatoms. The maximum atomic E-state index is 12.9. The summed E-state index contributed by atoms with van der Waals surface area (Å²) in [7, 11) is 0. The van der Waals surface area contributed by atoms with Gasteiger partial charge in [0.05, 0.1) is 17.9 Å². The van der Waals surface area contributed by atoms with Gasteiger partial charge in [-0.3, -0.25) is 4.79 Å². The minimum Gasteiger partial charge on any atom is -0.465 e. The zero-order valence-electron chi connectivity index (χ0n) is 10.4. The lowest BCUT2D eigenvalue weighted by Gasteiger charge is -2.08. The number of nitrogens with two attached hydrogens (primary N) is 1. The van der Waals surface area contributed by atoms with Crippen LogP contribution >= 0.6 is 0 Å². The van der Waals surface area contributed by atoms with E-state index in [4.69, 9.17) is 0 Å². The number of hydrogen-bond donors (Lipinski definition) is 1. The normalized spacial score (nSPS) is 14.3. The highest BCUT2D eigenvalue weighted by Gasteiger charge is 2.41. The number of primary amides is 1. The number of fused-ring (bicyclic) bond motifs is 1. The highest BCUT2D eigenvalue weighted by molar-refractivity contribution is 6.00. The largest absolute Gasteiger partial charge is 0.465 e. The maximum absolute atomic E-state index is 12.9. The molecule has 0 bridgehead atoms. The first-order chi connectivity index (χ1) is 9.34. The van der Waals surface area contributed by atoms with E-state index in [1.165, 1.54) is 0 Å². The van der Waals surface area contributed by atoms with Gasteiger partial charge < -0.3 is 9.30 Å². The number of rotatable bonds is 3. The van der Waals surface area contributed by atoms with E-state index in [9.17, 15) is 22.8 Å². The minimum atomic E-state index is -4.68. The molecule has 20 heavy (non-hydrogen) atoms. The zero-order valence-corrected chi connectivity index (χ0v) is 10.4. The molecule has 0 unspecified atom stereocenters. The molecule has 1 aliphatic heterocycles. The van der Waals surface area contributed by atoms with Crippen LogP contribution in [0.25, 0.3) is 0 Å². The second kappa shape index (κ2) is 5.08. The fraction of sp³-hybridized carbons (Fsp3) is 0.364. The second-order valence-corrected chi connectivity index (χ2v) is 4.01. The zero-order chi connectivity index (χ0) is 14.9. The van der Waals surface area contributed by atoms with E-state index in [1.54, 1.807) is 6.92 Å². The first-order valence-electron chi connectivity index (χ1n) is 5.71. The van der Waals surface area contributed by atoms with E-state index >= 15 is 0 Å². The number of carbonyl (C=O) groups excluding carboxylic acids is 2. The van der Waals surface area contributed by atoms with E-state index in [-0.39, 0.29) is 12.3 Å². The van der Waals surface area contributed by atoms with Crippen molar-refractivity contribution in [1.82, 2.24) is 4.57 Å². The molecular weight excluding hydrogens is 279 g/mol. The summed E-state index contributed by atoms with van der Waals surface area (Å²) in [5.74, 6) is -1.52. The maximum Gasteiger partial charge on any atom is 0.418 e. The van der Waals surface area contributed by atoms with Gasteiger partial charge in [0.1, 0.15) is 18.3 Å². The van der Waals surface area contributed by atoms with Crippen molar-refractivity contribution in [3.8, 4) is 0 Å². The van der Waals surface area contributed by atoms with Crippen LogP contribution in [-0.4, -0.2) is 29.3 Å². The summed E-state index contributed by atoms with van der Waals surface area (Å²) in [5.41, 5.74) is -0.800. The van der Waals surface area contributed by atoms with Crippen molar-refractivity contribution in [3.63, 3.8) is 0 Å². The van der Waals surface area contributed by atoms with Gasteiger partial charge in [-0.25, -0.2) is 4.79 Å². The van der Waals surface area contributed by atoms with Crippen molar-refractivity contribution in [2.45, 2.75) is 19.6 Å². The monoisotopic (exact) mass is 290 g/mol. The van der Waals surface area contributed by atoms with Crippen molar-refractivity contribution >= 4 is 18.1 Å². The topological polar surface area (TPSA) is 77.3 Å². The van der Waals surface area contributed by atoms with Crippen LogP contribution in [0.15, 0.2) is 11.3 Å². The number of aromatic nitrogens is 1. The molecule has 0 saturated carbocycles. The Morgan fingerprint density at radius 2 is 2.20 bits per heavy atom. The Balaban J connectivity index is 2.47. The summed E-state index contributed by atoms with van der Waals surface area (Å²) in [4.78, 5) is 23.0. The number of quaternary nitrogens is 1. The molecule has 0 aromatic carbocycles. The van der Waals surface area contributed by atoms with Gasteiger partial charge in [-0.15, -0.1) is 0 Å². The summed E-state index contributed by atoms with van der Waals surface area (Å²) in [6.07, 6.45) is -2.84. The molecule has 0 fully saturated rings. The van der Waals surface area contributed by atoms with Crippen LogP contribution < -0.4 is 5.43 Å². The summed E-state index contributed by atoms with van der Waals surface area (Å²) in [6, 6.07) is 0. The van der Waals surface area contributed by atoms with Crippen LogP contribution in [0.2, 0.25) is 0 Å². The number of halogens is 3. The van der Waals surface area contributed by atoms with Crippen molar-refractivity contribution in [1.29, 1.82) is 0 Å². The van der Waals surface area contributed by atoms with Gasteiger partial charge >= 0.3 is 18.1 Å². The van der Waals surface area contributed by atoms with Crippen molar-refractivity contribution in [2.75, 3.05) is 6.61 Å². The fourth-order valence-corrected chi connectivity index (χ4v) is 1.90. The van der Waals surface area contributed by atoms with Gasteiger partial charge in [-0.05, 0) is 6.92 Å². The Kier molecular flexibility index (Phi) is 3.62. The van der Waals surface area contributed by atoms with Crippen LogP contribution in [0.5, 0.6) is 0 Å². The van der Waals surface area contributed by atoms with Gasteiger partial charge in [-0.2, -0.15) is 18.6 Å². The van der Waals surface area contributed by atoms with Gasteiger partial charge in [0, 0.05) is 6.20 Å². The smallest absolute Gasteiger partial charge is 0.418 e. The first-order valence-corrected chi connectivity index (χ1v) is 5.71. The summed E-state index contributed by atoms with van der Waals surface area (Å²) < 4.78 is 44.4. The third-order valence-electron chi connectivity index (χ3n) is 2.67. The number of nitrogens with zero attached hydrogens (tertiary/aromatic N) is 2. The molecule has 1 aliphatic rings. The number of hydrogen-bond acceptors (Lipinski definition) is 4. The molecule has 6 nitrogen and oxygen atoms in total. The highest BCUT2D eigenvalue weighted by Crippen LogP contribution is 2.34. The standard InChI is InChI=1S/C11H10F3N3O3/c1-2-20-8(18)5-17-4-6(11(12,13)14)9-7(17)3-15-16-10(9)19/h3-4H,2,5H2,1H3,(H,16,19)/p+1. The SMILES string of the molecule is CCOC(=O)Cn1cc(C(F)(F)F)c2c1C=N[NH2+]C2=O. The summed E-state index contributed by atoms with van der Waals surface area (Å²) >= 11 is 0. The molecule has 108 valence electrons. The lowest BCUT2D eigenvalue weighted by Crippen LogP contribution is -2.83. The van der Waals surface area contributed by atoms with Gasteiger partial charge in [0.25, 0.3) is 0 Å². The van der Waals surface area contributed by atoms with Gasteiger partial charge in [0.15, 0.2) is 0 Å². The number of amides is 1. The predicted octanol–water partition coefficient (Wildman–Crippen LogP) is 0.121. The lowest BCUT2D eigenvalue weighted by molar-refractivity contribution is -0.561. The Labute approximate surface area is 111 Å². The van der Waals surface area contributed by atoms with E-state index < -0.39 is 35.7 Å². The molecule has 1 amide bonds. The molecular formula is C11H11F3N3O3+. The fourth-order valence-electron chi connectivity index (χ4n) is 1.90.